The van der Waals surface area contributed by atoms with Crippen molar-refractivity contribution < 1.29 is 9.53 Å². The second kappa shape index (κ2) is 9.28. The maximum absolute atomic E-state index is 13.6. The van der Waals surface area contributed by atoms with E-state index in [-0.39, 0.29) is 12.0 Å². The predicted octanol–water partition coefficient (Wildman–Crippen LogP) is 6.26. The van der Waals surface area contributed by atoms with E-state index in [1.807, 2.05) is 20.3 Å². The maximum Gasteiger partial charge on any atom is 0.196 e. The van der Waals surface area contributed by atoms with E-state index in [0.29, 0.717) is 48.8 Å². The number of halogens is 3. The van der Waals surface area contributed by atoms with Gasteiger partial charge < -0.3 is 9.64 Å². The summed E-state index contributed by atoms with van der Waals surface area (Å²) in [5.41, 5.74) is 1.95. The molecule has 4 rings (SSSR count). The van der Waals surface area contributed by atoms with Crippen LogP contribution in [0.25, 0.3) is 10.9 Å². The van der Waals surface area contributed by atoms with E-state index < -0.39 is 0 Å². The molecule has 0 bridgehead atoms. The molecular weight excluding hydrogens is 503 g/mol. The monoisotopic (exact) mass is 522 g/mol. The Morgan fingerprint density at radius 3 is 2.81 bits per heavy atom. The molecule has 1 aliphatic heterocycles. The summed E-state index contributed by atoms with van der Waals surface area (Å²) in [6.45, 7) is 0.699. The molecule has 162 valence electrons. The standard InChI is InChI=1S/C22H21BrCl2N4O2/c1-28(2)12-26-20-15(9-13(24)10-17(20)23)22(30)14-6-7-18(25)21-16(14)11-29(27-21)19-5-3-4-8-31-19/h6-7,9-12,19H,3-5,8H2,1-2H3. The molecule has 3 aromatic rings. The molecule has 1 atom stereocenters. The molecule has 0 amide bonds. The van der Waals surface area contributed by atoms with Crippen LogP contribution in [0, 0.1) is 0 Å². The molecule has 0 spiro atoms. The lowest BCUT2D eigenvalue weighted by atomic mass is 9.99. The first kappa shape index (κ1) is 22.3. The molecule has 1 unspecified atom stereocenters. The molecule has 0 radical (unpaired) electrons. The Morgan fingerprint density at radius 2 is 2.10 bits per heavy atom. The van der Waals surface area contributed by atoms with E-state index in [2.05, 4.69) is 26.0 Å². The minimum Gasteiger partial charge on any atom is -0.369 e. The zero-order valence-electron chi connectivity index (χ0n) is 17.1. The van der Waals surface area contributed by atoms with Gasteiger partial charge in [0.1, 0.15) is 11.7 Å². The molecule has 0 N–H and O–H groups in total. The molecule has 0 saturated carbocycles. The fraction of sp³-hybridized carbons (Fsp3) is 0.318. The molecule has 0 aliphatic carbocycles. The van der Waals surface area contributed by atoms with Crippen molar-refractivity contribution in [2.24, 2.45) is 4.99 Å². The lowest BCUT2D eigenvalue weighted by Gasteiger charge is -2.22. The largest absolute Gasteiger partial charge is 0.369 e. The quantitative estimate of drug-likeness (QED) is 0.225. The molecule has 6 nitrogen and oxygen atoms in total. The average molecular weight is 524 g/mol. The van der Waals surface area contributed by atoms with Gasteiger partial charge in [0.05, 0.1) is 22.6 Å². The van der Waals surface area contributed by atoms with Crippen LogP contribution in [-0.4, -0.2) is 47.5 Å². The summed E-state index contributed by atoms with van der Waals surface area (Å²) in [6, 6.07) is 6.76. The van der Waals surface area contributed by atoms with Crippen molar-refractivity contribution >= 4 is 67.8 Å². The molecule has 1 aliphatic rings. The number of ether oxygens (including phenoxy) is 1. The first-order valence-electron chi connectivity index (χ1n) is 9.88. The van der Waals surface area contributed by atoms with Crippen LogP contribution < -0.4 is 0 Å². The number of hydrogen-bond donors (Lipinski definition) is 0. The minimum atomic E-state index is -0.208. The van der Waals surface area contributed by atoms with E-state index >= 15 is 0 Å². The van der Waals surface area contributed by atoms with Crippen molar-refractivity contribution in [1.82, 2.24) is 14.7 Å². The summed E-state index contributed by atoms with van der Waals surface area (Å²) < 4.78 is 8.25. The van der Waals surface area contributed by atoms with E-state index in [1.165, 1.54) is 0 Å². The van der Waals surface area contributed by atoms with Crippen LogP contribution in [0.3, 0.4) is 0 Å². The highest BCUT2D eigenvalue weighted by Crippen LogP contribution is 2.36. The second-order valence-electron chi connectivity index (χ2n) is 7.61. The second-order valence-corrected chi connectivity index (χ2v) is 9.31. The van der Waals surface area contributed by atoms with Gasteiger partial charge in [-0.2, -0.15) is 5.10 Å². The highest BCUT2D eigenvalue weighted by atomic mass is 79.9. The van der Waals surface area contributed by atoms with Crippen molar-refractivity contribution in [3.63, 3.8) is 0 Å². The van der Waals surface area contributed by atoms with Gasteiger partial charge in [0.15, 0.2) is 5.78 Å². The van der Waals surface area contributed by atoms with Gasteiger partial charge in [-0.05, 0) is 59.5 Å². The Kier molecular flexibility index (Phi) is 6.67. The van der Waals surface area contributed by atoms with Gasteiger partial charge in [0.25, 0.3) is 0 Å². The zero-order chi connectivity index (χ0) is 22.1. The number of fused-ring (bicyclic) bond motifs is 1. The van der Waals surface area contributed by atoms with Crippen LogP contribution in [0.1, 0.15) is 41.4 Å². The Bertz CT molecular complexity index is 1170. The van der Waals surface area contributed by atoms with Gasteiger partial charge in [-0.1, -0.05) is 23.2 Å². The lowest BCUT2D eigenvalue weighted by Crippen LogP contribution is -2.18. The molecule has 9 heteroatoms. The average Bonchev–Trinajstić information content (AvgIpc) is 3.19. The van der Waals surface area contributed by atoms with Crippen LogP contribution in [0.4, 0.5) is 5.69 Å². The molecule has 1 fully saturated rings. The van der Waals surface area contributed by atoms with Crippen LogP contribution in [-0.2, 0) is 4.74 Å². The lowest BCUT2D eigenvalue weighted by molar-refractivity contribution is -0.0390. The van der Waals surface area contributed by atoms with Gasteiger partial charge in [-0.3, -0.25) is 4.79 Å². The number of rotatable bonds is 5. The number of hydrogen-bond acceptors (Lipinski definition) is 4. The molecule has 31 heavy (non-hydrogen) atoms. The molecule has 1 saturated heterocycles. The predicted molar refractivity (Wildman–Crippen MR) is 128 cm³/mol. The fourth-order valence-corrected chi connectivity index (χ4v) is 4.67. The van der Waals surface area contributed by atoms with Crippen molar-refractivity contribution in [3.05, 3.63) is 56.1 Å². The maximum atomic E-state index is 13.6. The van der Waals surface area contributed by atoms with Gasteiger partial charge in [0, 0.05) is 47.3 Å². The third-order valence-electron chi connectivity index (χ3n) is 5.03. The molecule has 1 aromatic heterocycles. The van der Waals surface area contributed by atoms with E-state index in [1.54, 1.807) is 40.2 Å². The Labute approximate surface area is 198 Å². The van der Waals surface area contributed by atoms with Gasteiger partial charge in [0.2, 0.25) is 0 Å². The smallest absolute Gasteiger partial charge is 0.196 e. The zero-order valence-corrected chi connectivity index (χ0v) is 20.2. The van der Waals surface area contributed by atoms with Crippen molar-refractivity contribution in [3.8, 4) is 0 Å². The topological polar surface area (TPSA) is 59.7 Å². The molecule has 2 heterocycles. The highest BCUT2D eigenvalue weighted by molar-refractivity contribution is 9.10. The number of nitrogens with zero attached hydrogens (tertiary/aromatic N) is 4. The highest BCUT2D eigenvalue weighted by Gasteiger charge is 2.23. The summed E-state index contributed by atoms with van der Waals surface area (Å²) >= 11 is 16.2. The first-order chi connectivity index (χ1) is 14.8. The number of ketones is 1. The van der Waals surface area contributed by atoms with E-state index in [9.17, 15) is 4.79 Å². The third-order valence-corrected chi connectivity index (χ3v) is 6.16. The molecular formula is C22H21BrCl2N4O2. The van der Waals surface area contributed by atoms with Crippen LogP contribution >= 0.6 is 39.1 Å². The first-order valence-corrected chi connectivity index (χ1v) is 11.4. The Morgan fingerprint density at radius 1 is 1.29 bits per heavy atom. The SMILES string of the molecule is CN(C)C=Nc1c(Br)cc(Cl)cc1C(=O)c1ccc(Cl)c2nn(C3CCCCO3)cc12. The van der Waals surface area contributed by atoms with Gasteiger partial charge in [-0.15, -0.1) is 0 Å². The number of aromatic nitrogens is 2. The van der Waals surface area contributed by atoms with Gasteiger partial charge in [-0.25, -0.2) is 9.67 Å². The third kappa shape index (κ3) is 4.65. The Hall–Kier alpha value is -1.93. The summed E-state index contributed by atoms with van der Waals surface area (Å²) in [7, 11) is 3.72. The molecule has 2 aromatic carbocycles. The minimum absolute atomic E-state index is 0.152. The van der Waals surface area contributed by atoms with Crippen molar-refractivity contribution in [1.29, 1.82) is 0 Å². The fourth-order valence-electron chi connectivity index (χ4n) is 3.56. The van der Waals surface area contributed by atoms with Crippen molar-refractivity contribution in [2.75, 3.05) is 20.7 Å². The summed E-state index contributed by atoms with van der Waals surface area (Å²) in [5, 5.41) is 6.22. The number of benzene rings is 2. The number of aliphatic imine (C=N–C) groups is 1. The number of carbonyl (C=O) groups is 1. The van der Waals surface area contributed by atoms with E-state index in [0.717, 1.165) is 19.3 Å². The van der Waals surface area contributed by atoms with Crippen LogP contribution in [0.5, 0.6) is 0 Å². The summed E-state index contributed by atoms with van der Waals surface area (Å²) in [5.74, 6) is -0.208. The van der Waals surface area contributed by atoms with Crippen molar-refractivity contribution in [2.45, 2.75) is 25.5 Å². The van der Waals surface area contributed by atoms with Crippen LogP contribution in [0.15, 0.2) is 39.9 Å². The van der Waals surface area contributed by atoms with E-state index in [4.69, 9.17) is 27.9 Å². The number of carbonyl (C=O) groups excluding carboxylic acids is 1. The van der Waals surface area contributed by atoms with Gasteiger partial charge >= 0.3 is 0 Å². The Balaban J connectivity index is 1.83. The normalized spacial score (nSPS) is 16.9. The summed E-state index contributed by atoms with van der Waals surface area (Å²) in [4.78, 5) is 19.9. The summed E-state index contributed by atoms with van der Waals surface area (Å²) in [6.07, 6.45) is 6.32. The van der Waals surface area contributed by atoms with Crippen LogP contribution in [0.2, 0.25) is 10.0 Å².